The highest BCUT2D eigenvalue weighted by Gasteiger charge is 2.31. The van der Waals surface area contributed by atoms with Crippen LogP contribution in [0.25, 0.3) is 11.3 Å². The Hall–Kier alpha value is -2.93. The average molecular weight is 389 g/mol. The van der Waals surface area contributed by atoms with Crippen LogP contribution in [0.2, 0.25) is 0 Å². The van der Waals surface area contributed by atoms with Gasteiger partial charge in [0.15, 0.2) is 5.16 Å². The summed E-state index contributed by atoms with van der Waals surface area (Å²) in [6, 6.07) is 15.6. The molecule has 1 aliphatic rings. The standard InChI is InChI=1S/C21H19N5OS/c1-14-9-10-25-18(11-14)22-16(12-19(25)27)13-28-21-24-23-20(15-7-8-15)26(21)17-5-3-2-4-6-17/h2-6,9-12,15H,7-8,13H2,1H3. The molecule has 1 aromatic carbocycles. The lowest BCUT2D eigenvalue weighted by Gasteiger charge is -2.10. The molecule has 5 rings (SSSR count). The van der Waals surface area contributed by atoms with Crippen molar-refractivity contribution in [3.63, 3.8) is 0 Å². The van der Waals surface area contributed by atoms with Crippen molar-refractivity contribution in [2.45, 2.75) is 36.6 Å². The summed E-state index contributed by atoms with van der Waals surface area (Å²) in [4.78, 5) is 17.0. The van der Waals surface area contributed by atoms with Gasteiger partial charge in [0, 0.05) is 29.6 Å². The van der Waals surface area contributed by atoms with Gasteiger partial charge in [0.2, 0.25) is 0 Å². The van der Waals surface area contributed by atoms with Crippen molar-refractivity contribution in [1.82, 2.24) is 24.1 Å². The lowest BCUT2D eigenvalue weighted by molar-refractivity contribution is 0.829. The number of pyridine rings is 1. The van der Waals surface area contributed by atoms with Crippen LogP contribution >= 0.6 is 11.8 Å². The van der Waals surface area contributed by atoms with Crippen LogP contribution in [-0.4, -0.2) is 24.1 Å². The van der Waals surface area contributed by atoms with Crippen molar-refractivity contribution >= 4 is 17.4 Å². The number of rotatable bonds is 5. The molecule has 0 N–H and O–H groups in total. The monoisotopic (exact) mass is 389 g/mol. The molecule has 0 amide bonds. The second-order valence-corrected chi connectivity index (χ2v) is 8.04. The zero-order valence-electron chi connectivity index (χ0n) is 15.4. The third kappa shape index (κ3) is 3.22. The van der Waals surface area contributed by atoms with Gasteiger partial charge in [-0.25, -0.2) is 4.98 Å². The summed E-state index contributed by atoms with van der Waals surface area (Å²) in [6.07, 6.45) is 4.10. The summed E-state index contributed by atoms with van der Waals surface area (Å²) in [5.74, 6) is 2.08. The van der Waals surface area contributed by atoms with E-state index in [2.05, 4.69) is 31.9 Å². The number of aromatic nitrogens is 5. The third-order valence-corrected chi connectivity index (χ3v) is 5.80. The van der Waals surface area contributed by atoms with Crippen molar-refractivity contribution in [3.8, 4) is 5.69 Å². The van der Waals surface area contributed by atoms with Gasteiger partial charge in [0.1, 0.15) is 11.5 Å². The molecule has 0 atom stereocenters. The van der Waals surface area contributed by atoms with Gasteiger partial charge in [0.25, 0.3) is 5.56 Å². The fourth-order valence-electron chi connectivity index (χ4n) is 3.27. The van der Waals surface area contributed by atoms with E-state index in [9.17, 15) is 4.79 Å². The molecule has 1 aliphatic carbocycles. The lowest BCUT2D eigenvalue weighted by atomic mass is 10.3. The van der Waals surface area contributed by atoms with E-state index in [1.165, 1.54) is 0 Å². The highest BCUT2D eigenvalue weighted by molar-refractivity contribution is 7.98. The summed E-state index contributed by atoms with van der Waals surface area (Å²) in [5.41, 5.74) is 3.50. The van der Waals surface area contributed by atoms with Crippen molar-refractivity contribution in [1.29, 1.82) is 0 Å². The Morgan fingerprint density at radius 2 is 1.93 bits per heavy atom. The van der Waals surface area contributed by atoms with Crippen LogP contribution in [0.1, 0.15) is 35.8 Å². The molecule has 0 saturated heterocycles. The molecule has 0 aliphatic heterocycles. The maximum absolute atomic E-state index is 12.4. The summed E-state index contributed by atoms with van der Waals surface area (Å²) < 4.78 is 3.71. The van der Waals surface area contributed by atoms with E-state index in [4.69, 9.17) is 0 Å². The van der Waals surface area contributed by atoms with Gasteiger partial charge in [-0.15, -0.1) is 10.2 Å². The Morgan fingerprint density at radius 1 is 1.11 bits per heavy atom. The van der Waals surface area contributed by atoms with Crippen molar-refractivity contribution < 1.29 is 0 Å². The predicted octanol–water partition coefficient (Wildman–Crippen LogP) is 3.75. The predicted molar refractivity (Wildman–Crippen MR) is 109 cm³/mol. The topological polar surface area (TPSA) is 65.1 Å². The molecule has 1 saturated carbocycles. The maximum atomic E-state index is 12.4. The Labute approximate surface area is 166 Å². The number of benzene rings is 1. The minimum Gasteiger partial charge on any atom is -0.274 e. The third-order valence-electron chi connectivity index (χ3n) is 4.84. The smallest absolute Gasteiger partial charge is 0.258 e. The quantitative estimate of drug-likeness (QED) is 0.486. The second-order valence-electron chi connectivity index (χ2n) is 7.09. The molecule has 4 aromatic rings. The number of thioether (sulfide) groups is 1. The van der Waals surface area contributed by atoms with Crippen molar-refractivity contribution in [2.24, 2.45) is 0 Å². The Morgan fingerprint density at radius 3 is 2.71 bits per heavy atom. The van der Waals surface area contributed by atoms with E-state index < -0.39 is 0 Å². The number of nitrogens with zero attached hydrogens (tertiary/aromatic N) is 5. The van der Waals surface area contributed by atoms with Crippen LogP contribution in [0.5, 0.6) is 0 Å². The van der Waals surface area contributed by atoms with Gasteiger partial charge in [0.05, 0.1) is 5.69 Å². The molecule has 140 valence electrons. The van der Waals surface area contributed by atoms with Crippen LogP contribution < -0.4 is 5.56 Å². The first kappa shape index (κ1) is 17.2. The van der Waals surface area contributed by atoms with Crippen LogP contribution in [0.3, 0.4) is 0 Å². The molecule has 1 fully saturated rings. The highest BCUT2D eigenvalue weighted by atomic mass is 32.2. The van der Waals surface area contributed by atoms with Gasteiger partial charge < -0.3 is 0 Å². The van der Waals surface area contributed by atoms with Gasteiger partial charge >= 0.3 is 0 Å². The number of fused-ring (bicyclic) bond motifs is 1. The average Bonchev–Trinajstić information content (AvgIpc) is 3.46. The molecule has 3 heterocycles. The zero-order chi connectivity index (χ0) is 19.1. The summed E-state index contributed by atoms with van der Waals surface area (Å²) in [6.45, 7) is 2.00. The van der Waals surface area contributed by atoms with Crippen LogP contribution in [0, 0.1) is 6.92 Å². The molecule has 0 spiro atoms. The van der Waals surface area contributed by atoms with Crippen molar-refractivity contribution in [2.75, 3.05) is 0 Å². The van der Waals surface area contributed by atoms with E-state index in [-0.39, 0.29) is 5.56 Å². The number of hydrogen-bond acceptors (Lipinski definition) is 5. The Bertz CT molecular complexity index is 1210. The SMILES string of the molecule is Cc1ccn2c(=O)cc(CSc3nnc(C4CC4)n3-c3ccccc3)nc2c1. The Kier molecular flexibility index (Phi) is 4.24. The second kappa shape index (κ2) is 6.91. The molecule has 0 bridgehead atoms. The van der Waals surface area contributed by atoms with Crippen LogP contribution in [0.4, 0.5) is 0 Å². The normalized spacial score (nSPS) is 13.9. The number of aryl methyl sites for hydroxylation is 1. The van der Waals surface area contributed by atoms with Gasteiger partial charge in [-0.1, -0.05) is 30.0 Å². The molecule has 28 heavy (non-hydrogen) atoms. The molecule has 6 nitrogen and oxygen atoms in total. The first-order chi connectivity index (χ1) is 13.7. The summed E-state index contributed by atoms with van der Waals surface area (Å²) in [7, 11) is 0. The number of hydrogen-bond donors (Lipinski definition) is 0. The van der Waals surface area contributed by atoms with E-state index in [0.717, 1.165) is 40.8 Å². The molecule has 3 aromatic heterocycles. The fourth-order valence-corrected chi connectivity index (χ4v) is 4.12. The van der Waals surface area contributed by atoms with E-state index in [0.29, 0.717) is 17.3 Å². The van der Waals surface area contributed by atoms with E-state index in [1.807, 2.05) is 37.3 Å². The molecule has 0 unspecified atom stereocenters. The maximum Gasteiger partial charge on any atom is 0.258 e. The number of para-hydroxylation sites is 1. The molecular weight excluding hydrogens is 370 g/mol. The zero-order valence-corrected chi connectivity index (χ0v) is 16.3. The van der Waals surface area contributed by atoms with Gasteiger partial charge in [-0.05, 0) is 49.6 Å². The minimum absolute atomic E-state index is 0.0659. The van der Waals surface area contributed by atoms with Crippen LogP contribution in [0.15, 0.2) is 64.7 Å². The van der Waals surface area contributed by atoms with Gasteiger partial charge in [-0.3, -0.25) is 13.8 Å². The van der Waals surface area contributed by atoms with E-state index in [1.54, 1.807) is 28.4 Å². The van der Waals surface area contributed by atoms with Crippen molar-refractivity contribution in [3.05, 3.63) is 82.2 Å². The largest absolute Gasteiger partial charge is 0.274 e. The summed E-state index contributed by atoms with van der Waals surface area (Å²) >= 11 is 1.56. The van der Waals surface area contributed by atoms with Gasteiger partial charge in [-0.2, -0.15) is 0 Å². The molecule has 0 radical (unpaired) electrons. The Balaban J connectivity index is 1.48. The molecular formula is C21H19N5OS. The lowest BCUT2D eigenvalue weighted by Crippen LogP contribution is -2.15. The molecule has 7 heteroatoms. The minimum atomic E-state index is -0.0659. The van der Waals surface area contributed by atoms with Crippen LogP contribution in [-0.2, 0) is 5.75 Å². The fraction of sp³-hybridized carbons (Fsp3) is 0.238. The highest BCUT2D eigenvalue weighted by Crippen LogP contribution is 2.41. The first-order valence-corrected chi connectivity index (χ1v) is 10.3. The van der Waals surface area contributed by atoms with E-state index >= 15 is 0 Å². The summed E-state index contributed by atoms with van der Waals surface area (Å²) in [5, 5.41) is 9.72. The first-order valence-electron chi connectivity index (χ1n) is 9.31.